The minimum absolute atomic E-state index is 0. The molecule has 0 radical (unpaired) electrons. The van der Waals surface area contributed by atoms with Gasteiger partial charge in [-0.2, -0.15) is 0 Å². The average molecular weight is 500 g/mol. The summed E-state index contributed by atoms with van der Waals surface area (Å²) in [5.74, 6) is 1.36. The van der Waals surface area contributed by atoms with E-state index in [0.717, 1.165) is 32.1 Å². The lowest BCUT2D eigenvalue weighted by Gasteiger charge is -2.41. The predicted octanol–water partition coefficient (Wildman–Crippen LogP) is 3.81. The highest BCUT2D eigenvalue weighted by atomic mass is 127. The molecule has 158 valence electrons. The van der Waals surface area contributed by atoms with Gasteiger partial charge in [0.2, 0.25) is 0 Å². The van der Waals surface area contributed by atoms with Gasteiger partial charge < -0.3 is 15.4 Å². The number of aliphatic imine (C=N–C) groups is 1. The molecule has 2 fully saturated rings. The maximum absolute atomic E-state index is 6.00. The molecule has 0 aromatic heterocycles. The van der Waals surface area contributed by atoms with E-state index in [2.05, 4.69) is 64.7 Å². The zero-order chi connectivity index (χ0) is 19.1. The molecule has 1 aromatic rings. The molecule has 5 nitrogen and oxygen atoms in total. The first-order valence-electron chi connectivity index (χ1n) is 10.5. The normalized spacial score (nSPS) is 23.9. The molecular formula is C22H37IN4O. The fourth-order valence-electron chi connectivity index (χ4n) is 4.21. The number of likely N-dealkylation sites (tertiary alicyclic amines) is 1. The molecule has 0 aliphatic carbocycles. The van der Waals surface area contributed by atoms with Crippen molar-refractivity contribution in [1.29, 1.82) is 0 Å². The Bertz CT molecular complexity index is 602. The second-order valence-corrected chi connectivity index (χ2v) is 8.42. The number of benzene rings is 1. The van der Waals surface area contributed by atoms with Crippen LogP contribution in [0, 0.1) is 5.92 Å². The third kappa shape index (κ3) is 6.32. The van der Waals surface area contributed by atoms with Gasteiger partial charge in [0.25, 0.3) is 0 Å². The van der Waals surface area contributed by atoms with E-state index in [1.165, 1.54) is 37.9 Å². The van der Waals surface area contributed by atoms with Gasteiger partial charge in [-0.05, 0) is 51.8 Å². The van der Waals surface area contributed by atoms with Gasteiger partial charge in [-0.1, -0.05) is 36.8 Å². The third-order valence-electron chi connectivity index (χ3n) is 6.00. The highest BCUT2D eigenvalue weighted by Crippen LogP contribution is 2.33. The van der Waals surface area contributed by atoms with Gasteiger partial charge in [0.1, 0.15) is 0 Å². The van der Waals surface area contributed by atoms with Gasteiger partial charge in [-0.3, -0.25) is 9.89 Å². The number of guanidine groups is 1. The summed E-state index contributed by atoms with van der Waals surface area (Å²) in [5.41, 5.74) is 1.41. The molecule has 2 N–H and O–H groups in total. The van der Waals surface area contributed by atoms with Crippen molar-refractivity contribution in [3.8, 4) is 0 Å². The van der Waals surface area contributed by atoms with Crippen LogP contribution in [0.4, 0.5) is 0 Å². The van der Waals surface area contributed by atoms with Crippen molar-refractivity contribution in [1.82, 2.24) is 15.5 Å². The Hall–Kier alpha value is -0.860. The second kappa shape index (κ2) is 11.4. The molecule has 2 aliphatic heterocycles. The topological polar surface area (TPSA) is 48.9 Å². The van der Waals surface area contributed by atoms with Crippen LogP contribution < -0.4 is 10.6 Å². The number of hydrogen-bond donors (Lipinski definition) is 2. The van der Waals surface area contributed by atoms with E-state index in [9.17, 15) is 0 Å². The summed E-state index contributed by atoms with van der Waals surface area (Å²) in [6.07, 6.45) is 5.28. The van der Waals surface area contributed by atoms with Crippen LogP contribution in [0.1, 0.15) is 51.2 Å². The van der Waals surface area contributed by atoms with E-state index in [1.807, 2.05) is 7.05 Å². The van der Waals surface area contributed by atoms with Crippen LogP contribution in [0.5, 0.6) is 0 Å². The summed E-state index contributed by atoms with van der Waals surface area (Å²) in [6, 6.07) is 10.6. The van der Waals surface area contributed by atoms with Crippen LogP contribution in [0.25, 0.3) is 0 Å². The Balaban J connectivity index is 0.00000280. The van der Waals surface area contributed by atoms with E-state index in [-0.39, 0.29) is 35.6 Å². The number of ether oxygens (including phenoxy) is 1. The minimum atomic E-state index is 0. The van der Waals surface area contributed by atoms with Crippen LogP contribution in [-0.4, -0.2) is 56.2 Å². The monoisotopic (exact) mass is 500 g/mol. The molecule has 2 unspecified atom stereocenters. The molecule has 2 saturated heterocycles. The van der Waals surface area contributed by atoms with Gasteiger partial charge in [-0.15, -0.1) is 24.0 Å². The summed E-state index contributed by atoms with van der Waals surface area (Å²) < 4.78 is 6.00. The van der Waals surface area contributed by atoms with Crippen LogP contribution in [0.2, 0.25) is 0 Å². The first-order valence-corrected chi connectivity index (χ1v) is 10.5. The first kappa shape index (κ1) is 23.4. The fourth-order valence-corrected chi connectivity index (χ4v) is 4.21. The van der Waals surface area contributed by atoms with Gasteiger partial charge >= 0.3 is 0 Å². The van der Waals surface area contributed by atoms with Crippen LogP contribution in [0.15, 0.2) is 35.3 Å². The molecule has 0 saturated carbocycles. The minimum Gasteiger partial charge on any atom is -0.373 e. The summed E-state index contributed by atoms with van der Waals surface area (Å²) in [4.78, 5) is 7.03. The van der Waals surface area contributed by atoms with Crippen molar-refractivity contribution in [3.05, 3.63) is 35.9 Å². The van der Waals surface area contributed by atoms with E-state index in [0.29, 0.717) is 5.92 Å². The Kier molecular flexibility index (Phi) is 9.50. The molecule has 0 spiro atoms. The largest absolute Gasteiger partial charge is 0.373 e. The number of nitrogens with one attached hydrogen (secondary N) is 2. The highest BCUT2D eigenvalue weighted by molar-refractivity contribution is 14.0. The molecule has 3 rings (SSSR count). The lowest BCUT2D eigenvalue weighted by molar-refractivity contribution is 0.0911. The maximum Gasteiger partial charge on any atom is 0.191 e. The molecule has 28 heavy (non-hydrogen) atoms. The molecule has 0 bridgehead atoms. The van der Waals surface area contributed by atoms with Crippen LogP contribution in [-0.2, 0) is 4.74 Å². The number of rotatable bonds is 6. The fraction of sp³-hybridized carbons (Fsp3) is 0.682. The SMILES string of the molecule is CN=C(NCC1CCOC1c1ccccc1)NCC(C)(C)N1CCCCC1.I. The van der Waals surface area contributed by atoms with Crippen molar-refractivity contribution in [3.63, 3.8) is 0 Å². The highest BCUT2D eigenvalue weighted by Gasteiger charge is 2.30. The maximum atomic E-state index is 6.00. The summed E-state index contributed by atoms with van der Waals surface area (Å²) in [6.45, 7) is 9.68. The number of hydrogen-bond acceptors (Lipinski definition) is 3. The van der Waals surface area contributed by atoms with E-state index in [1.54, 1.807) is 0 Å². The predicted molar refractivity (Wildman–Crippen MR) is 128 cm³/mol. The molecular weight excluding hydrogens is 463 g/mol. The van der Waals surface area contributed by atoms with Crippen LogP contribution >= 0.6 is 24.0 Å². The summed E-state index contributed by atoms with van der Waals surface area (Å²) in [5, 5.41) is 7.07. The summed E-state index contributed by atoms with van der Waals surface area (Å²) in [7, 11) is 1.85. The molecule has 2 atom stereocenters. The Morgan fingerprint density at radius 1 is 1.14 bits per heavy atom. The molecule has 6 heteroatoms. The Morgan fingerprint density at radius 2 is 1.86 bits per heavy atom. The zero-order valence-corrected chi connectivity index (χ0v) is 19.9. The number of piperidine rings is 1. The lowest BCUT2D eigenvalue weighted by atomic mass is 9.95. The average Bonchev–Trinajstić information content (AvgIpc) is 3.18. The lowest BCUT2D eigenvalue weighted by Crippen LogP contribution is -2.55. The third-order valence-corrected chi connectivity index (χ3v) is 6.00. The van der Waals surface area contributed by atoms with E-state index in [4.69, 9.17) is 4.74 Å². The second-order valence-electron chi connectivity index (χ2n) is 8.42. The number of nitrogens with zero attached hydrogens (tertiary/aromatic N) is 2. The number of halogens is 1. The molecule has 2 heterocycles. The van der Waals surface area contributed by atoms with Gasteiger partial charge in [0, 0.05) is 38.2 Å². The quantitative estimate of drug-likeness (QED) is 0.355. The Labute approximate surface area is 187 Å². The standard InChI is InChI=1S/C22H36N4O.HI/c1-22(2,26-13-8-5-9-14-26)17-25-21(23-3)24-16-19-12-15-27-20(19)18-10-6-4-7-11-18;/h4,6-7,10-11,19-20H,5,8-9,12-17H2,1-3H3,(H2,23,24,25);1H. The van der Waals surface area contributed by atoms with Crippen molar-refractivity contribution in [2.45, 2.75) is 51.2 Å². The van der Waals surface area contributed by atoms with Gasteiger partial charge in [0.05, 0.1) is 6.10 Å². The van der Waals surface area contributed by atoms with E-state index >= 15 is 0 Å². The van der Waals surface area contributed by atoms with Crippen molar-refractivity contribution in [2.75, 3.05) is 39.8 Å². The first-order chi connectivity index (χ1) is 13.1. The molecule has 2 aliphatic rings. The Morgan fingerprint density at radius 3 is 2.54 bits per heavy atom. The zero-order valence-electron chi connectivity index (χ0n) is 17.6. The smallest absolute Gasteiger partial charge is 0.191 e. The van der Waals surface area contributed by atoms with Crippen LogP contribution in [0.3, 0.4) is 0 Å². The van der Waals surface area contributed by atoms with Crippen molar-refractivity contribution in [2.24, 2.45) is 10.9 Å². The van der Waals surface area contributed by atoms with Crippen molar-refractivity contribution >= 4 is 29.9 Å². The molecule has 1 aromatic carbocycles. The summed E-state index contributed by atoms with van der Waals surface area (Å²) >= 11 is 0. The van der Waals surface area contributed by atoms with Gasteiger partial charge in [0.15, 0.2) is 5.96 Å². The van der Waals surface area contributed by atoms with Crippen molar-refractivity contribution < 1.29 is 4.74 Å². The molecule has 0 amide bonds. The van der Waals surface area contributed by atoms with Gasteiger partial charge in [-0.25, -0.2) is 0 Å². The van der Waals surface area contributed by atoms with E-state index < -0.39 is 0 Å².